The van der Waals surface area contributed by atoms with Crippen LogP contribution in [0.1, 0.15) is 23.3 Å². The van der Waals surface area contributed by atoms with E-state index in [1.54, 1.807) is 0 Å². The predicted octanol–water partition coefficient (Wildman–Crippen LogP) is 0.388. The van der Waals surface area contributed by atoms with E-state index in [9.17, 15) is 4.79 Å². The van der Waals surface area contributed by atoms with Gasteiger partial charge >= 0.3 is 0 Å². The first-order valence-corrected chi connectivity index (χ1v) is 6.62. The molecule has 1 aliphatic heterocycles. The Kier molecular flexibility index (Phi) is 4.16. The monoisotopic (exact) mass is 253 g/mol. The predicted molar refractivity (Wildman–Crippen MR) is 67.7 cm³/mol. The molecule has 1 aromatic heterocycles. The molecule has 17 heavy (non-hydrogen) atoms. The summed E-state index contributed by atoms with van der Waals surface area (Å²) in [5.41, 5.74) is 2.66. The van der Waals surface area contributed by atoms with E-state index in [-0.39, 0.29) is 17.6 Å². The summed E-state index contributed by atoms with van der Waals surface area (Å²) in [6.07, 6.45) is 5.08. The van der Waals surface area contributed by atoms with Crippen LogP contribution in [0.15, 0.2) is 12.4 Å². The maximum Gasteiger partial charge on any atom is 0.271 e. The standard InChI is InChI=1S/C10H15N5OS/c11-15-9-5-12-4-8(14-9)10(16)13-7-2-1-3-17-6-7/h4-5,7H,1-3,6,11H2,(H,13,16)(H,14,15). The lowest BCUT2D eigenvalue weighted by Crippen LogP contribution is -2.38. The molecule has 1 aromatic rings. The number of hydrogen-bond acceptors (Lipinski definition) is 6. The molecule has 0 radical (unpaired) electrons. The lowest BCUT2D eigenvalue weighted by molar-refractivity contribution is 0.0933. The van der Waals surface area contributed by atoms with Crippen LogP contribution in [0, 0.1) is 0 Å². The summed E-state index contributed by atoms with van der Waals surface area (Å²) in [7, 11) is 0. The molecule has 1 atom stereocenters. The lowest BCUT2D eigenvalue weighted by atomic mass is 10.2. The van der Waals surface area contributed by atoms with Gasteiger partial charge in [-0.05, 0) is 18.6 Å². The van der Waals surface area contributed by atoms with E-state index < -0.39 is 0 Å². The average molecular weight is 253 g/mol. The molecular weight excluding hydrogens is 238 g/mol. The van der Waals surface area contributed by atoms with Crippen LogP contribution in [0.4, 0.5) is 5.82 Å². The van der Waals surface area contributed by atoms with E-state index >= 15 is 0 Å². The highest BCUT2D eigenvalue weighted by Gasteiger charge is 2.17. The molecule has 6 nitrogen and oxygen atoms in total. The summed E-state index contributed by atoms with van der Waals surface area (Å²) in [5, 5.41) is 2.96. The highest BCUT2D eigenvalue weighted by atomic mass is 32.2. The quantitative estimate of drug-likeness (QED) is 0.533. The van der Waals surface area contributed by atoms with Crippen LogP contribution in [0.2, 0.25) is 0 Å². The molecule has 1 aliphatic rings. The zero-order valence-electron chi connectivity index (χ0n) is 9.35. The van der Waals surface area contributed by atoms with Crippen molar-refractivity contribution < 1.29 is 4.79 Å². The van der Waals surface area contributed by atoms with Crippen molar-refractivity contribution in [1.29, 1.82) is 0 Å². The van der Waals surface area contributed by atoms with E-state index in [2.05, 4.69) is 20.7 Å². The van der Waals surface area contributed by atoms with Gasteiger partial charge in [-0.15, -0.1) is 0 Å². The zero-order valence-corrected chi connectivity index (χ0v) is 10.2. The third-order valence-corrected chi connectivity index (χ3v) is 3.73. The molecule has 0 aliphatic carbocycles. The van der Waals surface area contributed by atoms with E-state index in [1.807, 2.05) is 11.8 Å². The van der Waals surface area contributed by atoms with Crippen molar-refractivity contribution in [3.05, 3.63) is 18.1 Å². The molecule has 0 aromatic carbocycles. The maximum absolute atomic E-state index is 11.9. The number of hydrazine groups is 1. The number of rotatable bonds is 3. The second kappa shape index (κ2) is 5.83. The van der Waals surface area contributed by atoms with Gasteiger partial charge in [-0.3, -0.25) is 9.78 Å². The second-order valence-electron chi connectivity index (χ2n) is 3.82. The van der Waals surface area contributed by atoms with Gasteiger partial charge in [0, 0.05) is 11.8 Å². The van der Waals surface area contributed by atoms with Crippen LogP contribution < -0.4 is 16.6 Å². The first kappa shape index (κ1) is 12.1. The molecular formula is C10H15N5OS. The van der Waals surface area contributed by atoms with Crippen LogP contribution in [-0.4, -0.2) is 33.4 Å². The number of carbonyl (C=O) groups is 1. The number of thioether (sulfide) groups is 1. The number of amides is 1. The number of carbonyl (C=O) groups excluding carboxylic acids is 1. The van der Waals surface area contributed by atoms with Gasteiger partial charge in [0.05, 0.1) is 12.4 Å². The molecule has 92 valence electrons. The van der Waals surface area contributed by atoms with Crippen molar-refractivity contribution in [3.63, 3.8) is 0 Å². The SMILES string of the molecule is NNc1cncc(C(=O)NC2CCCSC2)n1. The van der Waals surface area contributed by atoms with Gasteiger partial charge in [-0.25, -0.2) is 10.8 Å². The number of aromatic nitrogens is 2. The Balaban J connectivity index is 1.98. The Bertz CT molecular complexity index is 394. The molecule has 1 fully saturated rings. The largest absolute Gasteiger partial charge is 0.347 e. The normalized spacial score (nSPS) is 19.7. The van der Waals surface area contributed by atoms with E-state index in [1.165, 1.54) is 18.1 Å². The fourth-order valence-corrected chi connectivity index (χ4v) is 2.73. The smallest absolute Gasteiger partial charge is 0.271 e. The van der Waals surface area contributed by atoms with Gasteiger partial charge < -0.3 is 10.7 Å². The molecule has 0 bridgehead atoms. The fourth-order valence-electron chi connectivity index (χ4n) is 1.66. The van der Waals surface area contributed by atoms with Gasteiger partial charge in [0.2, 0.25) is 0 Å². The Labute approximate surface area is 104 Å². The molecule has 1 saturated heterocycles. The molecule has 0 spiro atoms. The number of nitrogens with two attached hydrogens (primary N) is 1. The van der Waals surface area contributed by atoms with Crippen LogP contribution in [0.5, 0.6) is 0 Å². The number of anilines is 1. The fraction of sp³-hybridized carbons (Fsp3) is 0.500. The molecule has 2 heterocycles. The summed E-state index contributed by atoms with van der Waals surface area (Å²) in [6, 6.07) is 0.234. The van der Waals surface area contributed by atoms with Crippen molar-refractivity contribution in [1.82, 2.24) is 15.3 Å². The first-order chi connectivity index (χ1) is 8.29. The van der Waals surface area contributed by atoms with Crippen LogP contribution in [-0.2, 0) is 0 Å². The van der Waals surface area contributed by atoms with E-state index in [0.717, 1.165) is 18.6 Å². The van der Waals surface area contributed by atoms with Crippen LogP contribution >= 0.6 is 11.8 Å². The Morgan fingerprint density at radius 3 is 3.12 bits per heavy atom. The van der Waals surface area contributed by atoms with Gasteiger partial charge in [0.25, 0.3) is 5.91 Å². The highest BCUT2D eigenvalue weighted by molar-refractivity contribution is 7.99. The molecule has 0 saturated carbocycles. The Morgan fingerprint density at radius 1 is 1.53 bits per heavy atom. The van der Waals surface area contributed by atoms with Crippen molar-refractivity contribution in [3.8, 4) is 0 Å². The third kappa shape index (κ3) is 3.31. The summed E-state index contributed by atoms with van der Waals surface area (Å²) < 4.78 is 0. The zero-order chi connectivity index (χ0) is 12.1. The maximum atomic E-state index is 11.9. The van der Waals surface area contributed by atoms with Crippen molar-refractivity contribution in [2.45, 2.75) is 18.9 Å². The van der Waals surface area contributed by atoms with E-state index in [4.69, 9.17) is 5.84 Å². The molecule has 4 N–H and O–H groups in total. The number of nitrogens with zero attached hydrogens (tertiary/aromatic N) is 2. The molecule has 7 heteroatoms. The second-order valence-corrected chi connectivity index (χ2v) is 4.97. The van der Waals surface area contributed by atoms with E-state index in [0.29, 0.717) is 5.82 Å². The number of nitrogen functional groups attached to an aromatic ring is 1. The van der Waals surface area contributed by atoms with Crippen molar-refractivity contribution >= 4 is 23.5 Å². The number of nitrogens with one attached hydrogen (secondary N) is 2. The van der Waals surface area contributed by atoms with Gasteiger partial charge in [0.1, 0.15) is 5.69 Å². The Morgan fingerprint density at radius 2 is 2.41 bits per heavy atom. The summed E-state index contributed by atoms with van der Waals surface area (Å²) in [6.45, 7) is 0. The van der Waals surface area contributed by atoms with Gasteiger partial charge in [-0.1, -0.05) is 0 Å². The minimum absolute atomic E-state index is 0.192. The average Bonchev–Trinajstić information content (AvgIpc) is 2.40. The van der Waals surface area contributed by atoms with Crippen molar-refractivity contribution in [2.75, 3.05) is 16.9 Å². The summed E-state index contributed by atoms with van der Waals surface area (Å²) >= 11 is 1.86. The summed E-state index contributed by atoms with van der Waals surface area (Å²) in [4.78, 5) is 19.8. The first-order valence-electron chi connectivity index (χ1n) is 5.47. The molecule has 2 rings (SSSR count). The van der Waals surface area contributed by atoms with Crippen molar-refractivity contribution in [2.24, 2.45) is 5.84 Å². The Hall–Kier alpha value is -1.34. The third-order valence-electron chi connectivity index (χ3n) is 2.51. The van der Waals surface area contributed by atoms with Gasteiger partial charge in [-0.2, -0.15) is 11.8 Å². The number of hydrogen-bond donors (Lipinski definition) is 3. The topological polar surface area (TPSA) is 92.9 Å². The van der Waals surface area contributed by atoms with Gasteiger partial charge in [0.15, 0.2) is 5.82 Å². The minimum atomic E-state index is -0.192. The lowest BCUT2D eigenvalue weighted by Gasteiger charge is -2.22. The summed E-state index contributed by atoms with van der Waals surface area (Å²) in [5.74, 6) is 7.55. The van der Waals surface area contributed by atoms with Crippen LogP contribution in [0.25, 0.3) is 0 Å². The highest BCUT2D eigenvalue weighted by Crippen LogP contribution is 2.17. The minimum Gasteiger partial charge on any atom is -0.347 e. The van der Waals surface area contributed by atoms with Crippen LogP contribution in [0.3, 0.4) is 0 Å². The molecule has 1 amide bonds. The molecule has 1 unspecified atom stereocenters.